The second kappa shape index (κ2) is 5.23. The number of aromatic nitrogens is 2. The Kier molecular flexibility index (Phi) is 3.67. The number of aryl methyl sites for hydroxylation is 2. The Labute approximate surface area is 107 Å². The van der Waals surface area contributed by atoms with Crippen LogP contribution in [0.1, 0.15) is 22.9 Å². The topological polar surface area (TPSA) is 47.3 Å². The van der Waals surface area contributed by atoms with Gasteiger partial charge in [0, 0.05) is 13.5 Å². The number of benzene rings is 1. The highest BCUT2D eigenvalue weighted by atomic mass is 16.5. The zero-order valence-corrected chi connectivity index (χ0v) is 10.9. The lowest BCUT2D eigenvalue weighted by atomic mass is 10.0. The third kappa shape index (κ3) is 2.54. The normalized spacial score (nSPS) is 12.4. The molecule has 1 unspecified atom stereocenters. The fraction of sp³-hybridized carbons (Fsp3) is 0.357. The monoisotopic (exact) mass is 246 g/mol. The molecule has 0 aliphatic heterocycles. The molecule has 4 nitrogen and oxygen atoms in total. The Bertz CT molecular complexity index is 515. The summed E-state index contributed by atoms with van der Waals surface area (Å²) in [6.07, 6.45) is 1.77. The number of rotatable bonds is 4. The predicted molar refractivity (Wildman–Crippen MR) is 69.6 cm³/mol. The van der Waals surface area contributed by atoms with E-state index in [4.69, 9.17) is 4.74 Å². The molecule has 96 valence electrons. The summed E-state index contributed by atoms with van der Waals surface area (Å²) < 4.78 is 6.90. The van der Waals surface area contributed by atoms with Gasteiger partial charge >= 0.3 is 0 Å². The third-order valence-electron chi connectivity index (χ3n) is 3.06. The average molecular weight is 246 g/mol. The second-order valence-electron chi connectivity index (χ2n) is 4.41. The van der Waals surface area contributed by atoms with E-state index in [9.17, 15) is 5.11 Å². The van der Waals surface area contributed by atoms with E-state index in [0.29, 0.717) is 6.42 Å². The smallest absolute Gasteiger partial charge is 0.119 e. The molecule has 0 saturated carbocycles. The zero-order chi connectivity index (χ0) is 13.1. The van der Waals surface area contributed by atoms with E-state index in [1.165, 1.54) is 0 Å². The maximum Gasteiger partial charge on any atom is 0.119 e. The molecular formula is C14H18N2O2. The van der Waals surface area contributed by atoms with Crippen molar-refractivity contribution < 1.29 is 9.84 Å². The van der Waals surface area contributed by atoms with Crippen LogP contribution in [-0.2, 0) is 13.5 Å². The van der Waals surface area contributed by atoms with E-state index < -0.39 is 6.10 Å². The van der Waals surface area contributed by atoms with E-state index in [0.717, 1.165) is 22.6 Å². The van der Waals surface area contributed by atoms with Crippen molar-refractivity contribution in [3.05, 3.63) is 47.3 Å². The first kappa shape index (κ1) is 12.6. The number of aliphatic hydroxyl groups is 1. The van der Waals surface area contributed by atoms with Gasteiger partial charge in [-0.3, -0.25) is 4.68 Å². The number of aliphatic hydroxyl groups excluding tert-OH is 1. The molecule has 0 spiro atoms. The van der Waals surface area contributed by atoms with Gasteiger partial charge < -0.3 is 9.84 Å². The van der Waals surface area contributed by atoms with Crippen LogP contribution < -0.4 is 4.74 Å². The first-order valence-electron chi connectivity index (χ1n) is 5.91. The molecule has 0 amide bonds. The second-order valence-corrected chi connectivity index (χ2v) is 4.41. The molecule has 1 aromatic heterocycles. The Morgan fingerprint density at radius 2 is 2.22 bits per heavy atom. The highest BCUT2D eigenvalue weighted by Gasteiger charge is 2.15. The standard InChI is InChI=1S/C14H18N2O2/c1-10-9-15-16(2)14(10)13(17)8-11-5-4-6-12(7-11)18-3/h4-7,9,13,17H,8H2,1-3H3. The van der Waals surface area contributed by atoms with Gasteiger partial charge in [-0.05, 0) is 30.2 Å². The summed E-state index contributed by atoms with van der Waals surface area (Å²) in [7, 11) is 3.48. The lowest BCUT2D eigenvalue weighted by molar-refractivity contribution is 0.167. The van der Waals surface area contributed by atoms with Gasteiger partial charge in [0.25, 0.3) is 0 Å². The summed E-state index contributed by atoms with van der Waals surface area (Å²) in [5.74, 6) is 0.807. The predicted octanol–water partition coefficient (Wildman–Crippen LogP) is 2.01. The lowest BCUT2D eigenvalue weighted by Crippen LogP contribution is -2.09. The molecule has 1 heterocycles. The fourth-order valence-electron chi connectivity index (χ4n) is 2.15. The van der Waals surface area contributed by atoms with Gasteiger partial charge in [-0.25, -0.2) is 0 Å². The van der Waals surface area contributed by atoms with Crippen LogP contribution in [0.15, 0.2) is 30.5 Å². The van der Waals surface area contributed by atoms with Crippen LogP contribution in [-0.4, -0.2) is 22.0 Å². The van der Waals surface area contributed by atoms with Crippen LogP contribution in [0.25, 0.3) is 0 Å². The van der Waals surface area contributed by atoms with Crippen LogP contribution in [0.2, 0.25) is 0 Å². The molecule has 2 rings (SSSR count). The molecule has 1 atom stereocenters. The molecule has 4 heteroatoms. The minimum Gasteiger partial charge on any atom is -0.497 e. The van der Waals surface area contributed by atoms with Gasteiger partial charge in [0.15, 0.2) is 0 Å². The fourth-order valence-corrected chi connectivity index (χ4v) is 2.15. The minimum atomic E-state index is -0.551. The summed E-state index contributed by atoms with van der Waals surface area (Å²) in [4.78, 5) is 0. The summed E-state index contributed by atoms with van der Waals surface area (Å²) >= 11 is 0. The van der Waals surface area contributed by atoms with Gasteiger partial charge in [-0.2, -0.15) is 5.10 Å². The van der Waals surface area contributed by atoms with Crippen LogP contribution in [0.3, 0.4) is 0 Å². The Balaban J connectivity index is 2.18. The maximum absolute atomic E-state index is 10.3. The number of ether oxygens (including phenoxy) is 1. The Morgan fingerprint density at radius 1 is 1.44 bits per heavy atom. The van der Waals surface area contributed by atoms with Crippen LogP contribution in [0.4, 0.5) is 0 Å². The van der Waals surface area contributed by atoms with Crippen molar-refractivity contribution in [1.29, 1.82) is 0 Å². The van der Waals surface area contributed by atoms with Crippen LogP contribution in [0, 0.1) is 6.92 Å². The summed E-state index contributed by atoms with van der Waals surface area (Å²) in [5, 5.41) is 14.4. The molecule has 0 saturated heterocycles. The lowest BCUT2D eigenvalue weighted by Gasteiger charge is -2.13. The Hall–Kier alpha value is -1.81. The zero-order valence-electron chi connectivity index (χ0n) is 10.9. The third-order valence-corrected chi connectivity index (χ3v) is 3.06. The van der Waals surface area contributed by atoms with E-state index in [-0.39, 0.29) is 0 Å². The van der Waals surface area contributed by atoms with Crippen molar-refractivity contribution in [3.63, 3.8) is 0 Å². The molecule has 0 fully saturated rings. The van der Waals surface area contributed by atoms with E-state index >= 15 is 0 Å². The van der Waals surface area contributed by atoms with Gasteiger partial charge in [0.2, 0.25) is 0 Å². The SMILES string of the molecule is COc1cccc(CC(O)c2c(C)cnn2C)c1. The quantitative estimate of drug-likeness (QED) is 0.897. The molecule has 2 aromatic rings. The number of hydrogen-bond acceptors (Lipinski definition) is 3. The minimum absolute atomic E-state index is 0.551. The number of hydrogen-bond donors (Lipinski definition) is 1. The van der Waals surface area contributed by atoms with Gasteiger partial charge in [-0.15, -0.1) is 0 Å². The molecule has 0 radical (unpaired) electrons. The van der Waals surface area contributed by atoms with Gasteiger partial charge in [-0.1, -0.05) is 12.1 Å². The molecule has 0 aliphatic carbocycles. The van der Waals surface area contributed by atoms with Gasteiger partial charge in [0.05, 0.1) is 25.1 Å². The first-order chi connectivity index (χ1) is 8.61. The number of nitrogens with zero attached hydrogens (tertiary/aromatic N) is 2. The molecule has 18 heavy (non-hydrogen) atoms. The maximum atomic E-state index is 10.3. The van der Waals surface area contributed by atoms with E-state index in [1.807, 2.05) is 38.2 Å². The molecule has 1 N–H and O–H groups in total. The Morgan fingerprint density at radius 3 is 2.83 bits per heavy atom. The van der Waals surface area contributed by atoms with Crippen molar-refractivity contribution in [1.82, 2.24) is 9.78 Å². The average Bonchev–Trinajstić information content (AvgIpc) is 2.69. The summed E-state index contributed by atoms with van der Waals surface area (Å²) in [6, 6.07) is 7.74. The molecule has 0 bridgehead atoms. The number of methoxy groups -OCH3 is 1. The summed E-state index contributed by atoms with van der Waals surface area (Å²) in [6.45, 7) is 1.96. The van der Waals surface area contributed by atoms with E-state index in [1.54, 1.807) is 18.0 Å². The van der Waals surface area contributed by atoms with Gasteiger partial charge in [0.1, 0.15) is 5.75 Å². The van der Waals surface area contributed by atoms with Crippen molar-refractivity contribution in [3.8, 4) is 5.75 Å². The van der Waals surface area contributed by atoms with Crippen molar-refractivity contribution in [2.24, 2.45) is 7.05 Å². The molecular weight excluding hydrogens is 228 g/mol. The highest BCUT2D eigenvalue weighted by molar-refractivity contribution is 5.30. The van der Waals surface area contributed by atoms with Crippen molar-refractivity contribution >= 4 is 0 Å². The molecule has 0 aliphatic rings. The van der Waals surface area contributed by atoms with E-state index in [2.05, 4.69) is 5.10 Å². The molecule has 1 aromatic carbocycles. The van der Waals surface area contributed by atoms with Crippen LogP contribution >= 0.6 is 0 Å². The van der Waals surface area contributed by atoms with Crippen molar-refractivity contribution in [2.45, 2.75) is 19.4 Å². The highest BCUT2D eigenvalue weighted by Crippen LogP contribution is 2.22. The van der Waals surface area contributed by atoms with Crippen molar-refractivity contribution in [2.75, 3.05) is 7.11 Å². The first-order valence-corrected chi connectivity index (χ1v) is 5.91. The largest absolute Gasteiger partial charge is 0.497 e. The van der Waals surface area contributed by atoms with Crippen LogP contribution in [0.5, 0.6) is 5.75 Å². The summed E-state index contributed by atoms with van der Waals surface area (Å²) in [5.41, 5.74) is 2.91.